The normalized spacial score (nSPS) is 22.7. The van der Waals surface area contributed by atoms with Crippen LogP contribution in [-0.4, -0.2) is 97.6 Å². The molecule has 3 atom stereocenters. The number of Topliss-reactive ketones (excluding diaryl/α,β-unsaturated/α-hetero) is 2. The predicted octanol–water partition coefficient (Wildman–Crippen LogP) is 3.07. The van der Waals surface area contributed by atoms with E-state index in [0.29, 0.717) is 25.1 Å². The molecule has 0 aliphatic carbocycles. The summed E-state index contributed by atoms with van der Waals surface area (Å²) in [5.74, 6) is -0.658. The first-order valence-electron chi connectivity index (χ1n) is 17.1. The number of hydrogen-bond acceptors (Lipinski definition) is 8. The zero-order chi connectivity index (χ0) is 35.4. The molecule has 2 saturated heterocycles. The van der Waals surface area contributed by atoms with Crippen LogP contribution in [0.4, 0.5) is 4.79 Å². The van der Waals surface area contributed by atoms with Crippen molar-refractivity contribution in [1.82, 2.24) is 20.9 Å². The van der Waals surface area contributed by atoms with Gasteiger partial charge in [0.2, 0.25) is 11.8 Å². The summed E-state index contributed by atoms with van der Waals surface area (Å²) >= 11 is 0. The van der Waals surface area contributed by atoms with Gasteiger partial charge in [0.05, 0.1) is 31.9 Å². The third kappa shape index (κ3) is 12.3. The van der Waals surface area contributed by atoms with E-state index in [-0.39, 0.29) is 75.8 Å². The van der Waals surface area contributed by atoms with E-state index >= 15 is 0 Å². The topological polar surface area (TPSA) is 152 Å². The third-order valence-electron chi connectivity index (χ3n) is 8.34. The summed E-state index contributed by atoms with van der Waals surface area (Å²) in [4.78, 5) is 68.0. The summed E-state index contributed by atoms with van der Waals surface area (Å²) in [7, 11) is 0. The molecule has 0 spiro atoms. The summed E-state index contributed by atoms with van der Waals surface area (Å²) in [5, 5.41) is 8.46. The zero-order valence-corrected chi connectivity index (χ0v) is 29.0. The van der Waals surface area contributed by atoms with Crippen molar-refractivity contribution in [3.8, 4) is 5.75 Å². The SMILES string of the molecule is Cc1ccc(C[C@@H]2NC(=O)COCCOCCNC(=O)[C@H](Cc3ccc(OC(C)(C)C)cc3)NC(=O)N3CCCC3C(=O)CCC2=O)cc1. The smallest absolute Gasteiger partial charge is 0.318 e. The molecule has 0 radical (unpaired) electrons. The van der Waals surface area contributed by atoms with Gasteiger partial charge in [-0.15, -0.1) is 0 Å². The number of fused-ring (bicyclic) bond motifs is 1. The highest BCUT2D eigenvalue weighted by atomic mass is 16.5. The number of amides is 4. The van der Waals surface area contributed by atoms with Crippen molar-refractivity contribution in [3.05, 3.63) is 65.2 Å². The molecule has 0 bridgehead atoms. The van der Waals surface area contributed by atoms with Gasteiger partial charge in [0.25, 0.3) is 0 Å². The highest BCUT2D eigenvalue weighted by Crippen LogP contribution is 2.22. The van der Waals surface area contributed by atoms with E-state index in [1.165, 1.54) is 4.90 Å². The molecular formula is C37H50N4O8. The summed E-state index contributed by atoms with van der Waals surface area (Å²) in [6, 6.07) is 12.1. The number of nitrogens with zero attached hydrogens (tertiary/aromatic N) is 1. The van der Waals surface area contributed by atoms with Gasteiger partial charge >= 0.3 is 6.03 Å². The molecule has 2 aromatic carbocycles. The van der Waals surface area contributed by atoms with Crippen LogP contribution in [0.25, 0.3) is 0 Å². The second-order valence-corrected chi connectivity index (χ2v) is 13.6. The van der Waals surface area contributed by atoms with E-state index in [0.717, 1.165) is 16.7 Å². The molecule has 0 aromatic heterocycles. The van der Waals surface area contributed by atoms with Crippen molar-refractivity contribution in [2.75, 3.05) is 39.5 Å². The van der Waals surface area contributed by atoms with Crippen LogP contribution in [0.1, 0.15) is 63.1 Å². The minimum atomic E-state index is -0.920. The van der Waals surface area contributed by atoms with Crippen molar-refractivity contribution >= 4 is 29.4 Å². The van der Waals surface area contributed by atoms with Crippen LogP contribution in [0.3, 0.4) is 0 Å². The zero-order valence-electron chi connectivity index (χ0n) is 29.0. The lowest BCUT2D eigenvalue weighted by Gasteiger charge is -2.27. The molecule has 2 aliphatic rings. The highest BCUT2D eigenvalue weighted by molar-refractivity contribution is 5.95. The maximum absolute atomic E-state index is 13.6. The van der Waals surface area contributed by atoms with E-state index in [9.17, 15) is 24.0 Å². The van der Waals surface area contributed by atoms with Crippen molar-refractivity contribution in [3.63, 3.8) is 0 Å². The van der Waals surface area contributed by atoms with Gasteiger partial charge in [0.1, 0.15) is 24.0 Å². The highest BCUT2D eigenvalue weighted by Gasteiger charge is 2.36. The molecule has 266 valence electrons. The van der Waals surface area contributed by atoms with Gasteiger partial charge in [-0.1, -0.05) is 42.0 Å². The fourth-order valence-electron chi connectivity index (χ4n) is 5.85. The van der Waals surface area contributed by atoms with Gasteiger partial charge in [-0.2, -0.15) is 0 Å². The fraction of sp³-hybridized carbons (Fsp3) is 0.541. The molecular weight excluding hydrogens is 628 g/mol. The minimum Gasteiger partial charge on any atom is -0.488 e. The van der Waals surface area contributed by atoms with Crippen LogP contribution in [-0.2, 0) is 41.5 Å². The number of ketones is 2. The van der Waals surface area contributed by atoms with E-state index in [1.807, 2.05) is 76.2 Å². The molecule has 2 fully saturated rings. The van der Waals surface area contributed by atoms with Crippen LogP contribution in [0.15, 0.2) is 48.5 Å². The van der Waals surface area contributed by atoms with Crippen LogP contribution in [0, 0.1) is 6.92 Å². The van der Waals surface area contributed by atoms with E-state index in [1.54, 1.807) is 0 Å². The van der Waals surface area contributed by atoms with Gasteiger partial charge in [-0.25, -0.2) is 4.79 Å². The average Bonchev–Trinajstić information content (AvgIpc) is 3.55. The molecule has 2 aliphatic heterocycles. The Hall–Kier alpha value is -4.29. The Kier molecular flexibility index (Phi) is 13.7. The Labute approximate surface area is 288 Å². The Balaban J connectivity index is 1.48. The summed E-state index contributed by atoms with van der Waals surface area (Å²) in [6.45, 7) is 8.64. The molecule has 4 rings (SSSR count). The number of nitrogens with one attached hydrogen (secondary N) is 3. The number of aryl methyl sites for hydroxylation is 1. The number of benzene rings is 2. The lowest BCUT2D eigenvalue weighted by Crippen LogP contribution is -2.54. The molecule has 4 amide bonds. The molecule has 12 heteroatoms. The average molecular weight is 679 g/mol. The molecule has 3 N–H and O–H groups in total. The largest absolute Gasteiger partial charge is 0.488 e. The van der Waals surface area contributed by atoms with Crippen LogP contribution < -0.4 is 20.7 Å². The Morgan fingerprint density at radius 2 is 1.43 bits per heavy atom. The van der Waals surface area contributed by atoms with E-state index < -0.39 is 36.0 Å². The fourth-order valence-corrected chi connectivity index (χ4v) is 5.85. The predicted molar refractivity (Wildman–Crippen MR) is 183 cm³/mol. The Morgan fingerprint density at radius 3 is 2.12 bits per heavy atom. The third-order valence-corrected chi connectivity index (χ3v) is 8.34. The number of hydrogen-bond donors (Lipinski definition) is 3. The first kappa shape index (κ1) is 37.5. The number of carbonyl (C=O) groups is 5. The molecule has 12 nitrogen and oxygen atoms in total. The van der Waals surface area contributed by atoms with Crippen molar-refractivity contribution in [2.24, 2.45) is 0 Å². The quantitative estimate of drug-likeness (QED) is 0.437. The van der Waals surface area contributed by atoms with Gasteiger partial charge in [-0.3, -0.25) is 19.2 Å². The lowest BCUT2D eigenvalue weighted by molar-refractivity contribution is -0.131. The lowest BCUT2D eigenvalue weighted by atomic mass is 9.96. The monoisotopic (exact) mass is 678 g/mol. The second kappa shape index (κ2) is 17.9. The maximum atomic E-state index is 13.6. The summed E-state index contributed by atoms with van der Waals surface area (Å²) in [6.07, 6.45) is 1.41. The van der Waals surface area contributed by atoms with Gasteiger partial charge in [0, 0.05) is 32.4 Å². The number of rotatable bonds is 5. The van der Waals surface area contributed by atoms with Crippen LogP contribution in [0.2, 0.25) is 0 Å². The second-order valence-electron chi connectivity index (χ2n) is 13.6. The van der Waals surface area contributed by atoms with Crippen molar-refractivity contribution in [1.29, 1.82) is 0 Å². The van der Waals surface area contributed by atoms with Gasteiger partial charge in [0.15, 0.2) is 11.6 Å². The van der Waals surface area contributed by atoms with Crippen molar-refractivity contribution < 1.29 is 38.2 Å². The number of urea groups is 1. The summed E-state index contributed by atoms with van der Waals surface area (Å²) < 4.78 is 16.9. The number of ether oxygens (including phenoxy) is 3. The van der Waals surface area contributed by atoms with Gasteiger partial charge in [-0.05, 0) is 70.2 Å². The van der Waals surface area contributed by atoms with Crippen molar-refractivity contribution in [2.45, 2.75) is 89.9 Å². The first-order valence-corrected chi connectivity index (χ1v) is 17.1. The maximum Gasteiger partial charge on any atom is 0.318 e. The number of carbonyl (C=O) groups excluding carboxylic acids is 5. The molecule has 2 aromatic rings. The molecule has 1 unspecified atom stereocenters. The molecule has 2 heterocycles. The van der Waals surface area contributed by atoms with Crippen LogP contribution in [0.5, 0.6) is 5.75 Å². The van der Waals surface area contributed by atoms with Gasteiger partial charge < -0.3 is 35.1 Å². The Morgan fingerprint density at radius 1 is 0.796 bits per heavy atom. The standard InChI is InChI=1S/C37H50N4O8/c1-25-7-9-26(10-8-25)22-29-32(42)15-16-33(43)31-6-5-18-41(31)36(46)40-30(23-27-11-13-28(14-12-27)49-37(2,3)4)35(45)38-17-19-47-20-21-48-24-34(44)39-29/h7-14,29-31H,5-6,15-24H2,1-4H3,(H,38,45)(H,39,44)(H,40,46)/t29-,30-,31?/m0/s1. The Bertz CT molecular complexity index is 1440. The minimum absolute atomic E-state index is 0.0751. The summed E-state index contributed by atoms with van der Waals surface area (Å²) in [5.41, 5.74) is 2.40. The first-order chi connectivity index (χ1) is 23.4. The van der Waals surface area contributed by atoms with E-state index in [2.05, 4.69) is 16.0 Å². The molecule has 49 heavy (non-hydrogen) atoms. The molecule has 0 saturated carbocycles. The van der Waals surface area contributed by atoms with Crippen LogP contribution >= 0.6 is 0 Å². The van der Waals surface area contributed by atoms with E-state index in [4.69, 9.17) is 14.2 Å².